The Bertz CT molecular complexity index is 306. The molecule has 2 fully saturated rings. The lowest BCUT2D eigenvalue weighted by Crippen LogP contribution is -2.20. The third kappa shape index (κ3) is 7.42. The fraction of sp³-hybridized carbons (Fsp3) is 0.909. The standard InChI is InChI=1S/C22H40O/c1-3-5-6-7-19-8-10-20(11-9-19)12-13-21-14-16-22(17-15-21)18-23-4-2/h3,5,19-22H,4,6-18H2,1-2H3/b5-3+. The highest BCUT2D eigenvalue weighted by Gasteiger charge is 2.24. The first-order chi connectivity index (χ1) is 11.3. The summed E-state index contributed by atoms with van der Waals surface area (Å²) in [5, 5.41) is 0. The molecule has 134 valence electrons. The Balaban J connectivity index is 1.52. The smallest absolute Gasteiger partial charge is 0.0494 e. The molecule has 0 bridgehead atoms. The van der Waals surface area contributed by atoms with Crippen LogP contribution in [0.15, 0.2) is 12.2 Å². The van der Waals surface area contributed by atoms with Crippen molar-refractivity contribution in [1.29, 1.82) is 0 Å². The van der Waals surface area contributed by atoms with Gasteiger partial charge in [-0.2, -0.15) is 0 Å². The van der Waals surface area contributed by atoms with E-state index in [1.165, 1.54) is 77.0 Å². The highest BCUT2D eigenvalue weighted by atomic mass is 16.5. The van der Waals surface area contributed by atoms with E-state index in [4.69, 9.17) is 4.74 Å². The fourth-order valence-electron chi connectivity index (χ4n) is 4.75. The van der Waals surface area contributed by atoms with Crippen LogP contribution in [0.1, 0.15) is 90.9 Å². The Morgan fingerprint density at radius 1 is 0.739 bits per heavy atom. The van der Waals surface area contributed by atoms with Gasteiger partial charge in [-0.25, -0.2) is 0 Å². The first-order valence-electron chi connectivity index (χ1n) is 10.5. The van der Waals surface area contributed by atoms with Gasteiger partial charge in [0.05, 0.1) is 0 Å². The minimum atomic E-state index is 0.860. The molecule has 2 rings (SSSR count). The van der Waals surface area contributed by atoms with Crippen molar-refractivity contribution in [1.82, 2.24) is 0 Å². The van der Waals surface area contributed by atoms with Crippen LogP contribution in [0.2, 0.25) is 0 Å². The Hall–Kier alpha value is -0.300. The molecule has 1 heteroatoms. The number of ether oxygens (including phenoxy) is 1. The van der Waals surface area contributed by atoms with Crippen LogP contribution in [-0.4, -0.2) is 13.2 Å². The van der Waals surface area contributed by atoms with Crippen LogP contribution in [0.5, 0.6) is 0 Å². The van der Waals surface area contributed by atoms with Gasteiger partial charge in [-0.05, 0) is 63.2 Å². The Morgan fingerprint density at radius 2 is 1.22 bits per heavy atom. The van der Waals surface area contributed by atoms with E-state index in [0.29, 0.717) is 0 Å². The molecule has 0 spiro atoms. The van der Waals surface area contributed by atoms with Gasteiger partial charge in [0.15, 0.2) is 0 Å². The van der Waals surface area contributed by atoms with E-state index in [1.807, 2.05) is 0 Å². The first-order valence-corrected chi connectivity index (χ1v) is 10.5. The third-order valence-electron chi connectivity index (χ3n) is 6.45. The van der Waals surface area contributed by atoms with Crippen molar-refractivity contribution in [3.05, 3.63) is 12.2 Å². The van der Waals surface area contributed by atoms with Crippen LogP contribution in [0.4, 0.5) is 0 Å². The predicted molar refractivity (Wildman–Crippen MR) is 101 cm³/mol. The summed E-state index contributed by atoms with van der Waals surface area (Å²) in [4.78, 5) is 0. The molecule has 23 heavy (non-hydrogen) atoms. The van der Waals surface area contributed by atoms with Crippen molar-refractivity contribution >= 4 is 0 Å². The second kappa shape index (κ2) is 11.3. The molecule has 2 aliphatic rings. The molecule has 0 saturated heterocycles. The zero-order chi connectivity index (χ0) is 16.3. The maximum absolute atomic E-state index is 5.60. The molecule has 0 amide bonds. The molecule has 0 aromatic carbocycles. The van der Waals surface area contributed by atoms with E-state index >= 15 is 0 Å². The summed E-state index contributed by atoms with van der Waals surface area (Å²) in [6.45, 7) is 6.15. The monoisotopic (exact) mass is 320 g/mol. The van der Waals surface area contributed by atoms with E-state index in [1.54, 1.807) is 0 Å². The summed E-state index contributed by atoms with van der Waals surface area (Å²) >= 11 is 0. The first kappa shape index (κ1) is 19.0. The van der Waals surface area contributed by atoms with Gasteiger partial charge in [0.25, 0.3) is 0 Å². The highest BCUT2D eigenvalue weighted by Crippen LogP contribution is 2.37. The molecule has 0 radical (unpaired) electrons. The summed E-state index contributed by atoms with van der Waals surface area (Å²) < 4.78 is 5.60. The minimum Gasteiger partial charge on any atom is -0.381 e. The van der Waals surface area contributed by atoms with Crippen LogP contribution >= 0.6 is 0 Å². The number of hydrogen-bond donors (Lipinski definition) is 0. The van der Waals surface area contributed by atoms with Crippen LogP contribution < -0.4 is 0 Å². The van der Waals surface area contributed by atoms with Gasteiger partial charge in [-0.3, -0.25) is 0 Å². The van der Waals surface area contributed by atoms with E-state index in [-0.39, 0.29) is 0 Å². The molecular formula is C22H40O. The van der Waals surface area contributed by atoms with E-state index in [2.05, 4.69) is 26.0 Å². The lowest BCUT2D eigenvalue weighted by Gasteiger charge is -2.32. The Labute approximate surface area is 145 Å². The average molecular weight is 321 g/mol. The Kier molecular flexibility index (Phi) is 9.34. The molecule has 0 aromatic heterocycles. The predicted octanol–water partition coefficient (Wildman–Crippen LogP) is 6.77. The summed E-state index contributed by atoms with van der Waals surface area (Å²) in [5.74, 6) is 3.96. The van der Waals surface area contributed by atoms with Crippen molar-refractivity contribution in [3.8, 4) is 0 Å². The zero-order valence-corrected chi connectivity index (χ0v) is 15.8. The van der Waals surface area contributed by atoms with Gasteiger partial charge < -0.3 is 4.74 Å². The molecule has 0 unspecified atom stereocenters. The van der Waals surface area contributed by atoms with Crippen LogP contribution in [0, 0.1) is 23.7 Å². The van der Waals surface area contributed by atoms with Gasteiger partial charge in [0.1, 0.15) is 0 Å². The number of rotatable bonds is 9. The van der Waals surface area contributed by atoms with E-state index < -0.39 is 0 Å². The summed E-state index contributed by atoms with van der Waals surface area (Å²) in [6.07, 6.45) is 22.1. The van der Waals surface area contributed by atoms with Crippen molar-refractivity contribution < 1.29 is 4.74 Å². The maximum atomic E-state index is 5.60. The molecule has 1 nitrogen and oxygen atoms in total. The number of hydrogen-bond acceptors (Lipinski definition) is 1. The van der Waals surface area contributed by atoms with Gasteiger partial charge in [-0.1, -0.05) is 63.5 Å². The maximum Gasteiger partial charge on any atom is 0.0494 e. The second-order valence-electron chi connectivity index (χ2n) is 8.16. The molecule has 0 aromatic rings. The minimum absolute atomic E-state index is 0.860. The molecule has 2 aliphatic carbocycles. The highest BCUT2D eigenvalue weighted by molar-refractivity contribution is 4.81. The zero-order valence-electron chi connectivity index (χ0n) is 15.8. The van der Waals surface area contributed by atoms with Gasteiger partial charge >= 0.3 is 0 Å². The summed E-state index contributed by atoms with van der Waals surface area (Å²) in [6, 6.07) is 0. The molecule has 2 saturated carbocycles. The normalized spacial score (nSPS) is 32.4. The number of allylic oxidation sites excluding steroid dienone is 2. The van der Waals surface area contributed by atoms with Crippen molar-refractivity contribution in [2.45, 2.75) is 90.9 Å². The average Bonchev–Trinajstić information content (AvgIpc) is 2.60. The summed E-state index contributed by atoms with van der Waals surface area (Å²) in [5.41, 5.74) is 0. The third-order valence-corrected chi connectivity index (χ3v) is 6.45. The van der Waals surface area contributed by atoms with Crippen molar-refractivity contribution in [2.24, 2.45) is 23.7 Å². The van der Waals surface area contributed by atoms with E-state index in [0.717, 1.165) is 36.9 Å². The quantitative estimate of drug-likeness (QED) is 0.426. The Morgan fingerprint density at radius 3 is 1.70 bits per heavy atom. The topological polar surface area (TPSA) is 9.23 Å². The van der Waals surface area contributed by atoms with Crippen molar-refractivity contribution in [3.63, 3.8) is 0 Å². The SMILES string of the molecule is C/C=C/CCC1CCC(CCC2CCC(COCC)CC2)CC1. The van der Waals surface area contributed by atoms with Gasteiger partial charge in [0.2, 0.25) is 0 Å². The summed E-state index contributed by atoms with van der Waals surface area (Å²) in [7, 11) is 0. The molecule has 0 aliphatic heterocycles. The second-order valence-corrected chi connectivity index (χ2v) is 8.16. The molecule has 0 atom stereocenters. The van der Waals surface area contributed by atoms with Gasteiger partial charge in [0, 0.05) is 13.2 Å². The van der Waals surface area contributed by atoms with Crippen LogP contribution in [-0.2, 0) is 4.74 Å². The molecule has 0 N–H and O–H groups in total. The van der Waals surface area contributed by atoms with Crippen LogP contribution in [0.3, 0.4) is 0 Å². The molecular weight excluding hydrogens is 280 g/mol. The van der Waals surface area contributed by atoms with E-state index in [9.17, 15) is 0 Å². The fourth-order valence-corrected chi connectivity index (χ4v) is 4.75. The largest absolute Gasteiger partial charge is 0.381 e. The lowest BCUT2D eigenvalue weighted by molar-refractivity contribution is 0.0842. The lowest BCUT2D eigenvalue weighted by atomic mass is 9.75. The molecule has 0 heterocycles. The van der Waals surface area contributed by atoms with Crippen molar-refractivity contribution in [2.75, 3.05) is 13.2 Å². The van der Waals surface area contributed by atoms with Crippen LogP contribution in [0.25, 0.3) is 0 Å². The van der Waals surface area contributed by atoms with Gasteiger partial charge in [-0.15, -0.1) is 0 Å².